The van der Waals surface area contributed by atoms with Crippen molar-refractivity contribution in [1.82, 2.24) is 14.8 Å². The molecule has 0 saturated heterocycles. The molecule has 2 N–H and O–H groups in total. The number of rotatable bonds is 7. The molecule has 2 aromatic carbocycles. The van der Waals surface area contributed by atoms with Gasteiger partial charge in [-0.3, -0.25) is 9.59 Å². The Morgan fingerprint density at radius 1 is 1.14 bits per heavy atom. The van der Waals surface area contributed by atoms with Gasteiger partial charge in [0.25, 0.3) is 5.91 Å². The maximum Gasteiger partial charge on any atom is 0.326 e. The van der Waals surface area contributed by atoms with E-state index in [0.29, 0.717) is 25.1 Å². The summed E-state index contributed by atoms with van der Waals surface area (Å²) >= 11 is 0. The average molecular weight is 489 g/mol. The number of aryl methyl sites for hydroxylation is 1. The normalized spacial score (nSPS) is 18.3. The molecule has 0 saturated carbocycles. The van der Waals surface area contributed by atoms with E-state index in [2.05, 4.69) is 20.9 Å². The van der Waals surface area contributed by atoms with Crippen molar-refractivity contribution in [2.75, 3.05) is 18.5 Å². The van der Waals surface area contributed by atoms with Gasteiger partial charge in [-0.05, 0) is 36.1 Å². The lowest BCUT2D eigenvalue weighted by Crippen LogP contribution is -2.51. The molecule has 2 amide bonds. The number of carboxylic acid groups (broad SMARTS) is 1. The molecule has 0 radical (unpaired) electrons. The summed E-state index contributed by atoms with van der Waals surface area (Å²) in [6.45, 7) is 4.76. The van der Waals surface area contributed by atoms with E-state index in [1.54, 1.807) is 0 Å². The molecule has 3 atom stereocenters. The second-order valence-corrected chi connectivity index (χ2v) is 9.80. The number of nitrogens with zero attached hydrogens (tertiary/aromatic N) is 3. The van der Waals surface area contributed by atoms with Crippen LogP contribution in [0.15, 0.2) is 48.5 Å². The molecule has 3 heterocycles. The van der Waals surface area contributed by atoms with Gasteiger partial charge in [-0.2, -0.15) is 0 Å². The molecule has 3 unspecified atom stereocenters. The molecule has 2 aliphatic rings. The van der Waals surface area contributed by atoms with Gasteiger partial charge in [-0.1, -0.05) is 50.6 Å². The topological polar surface area (TPSA) is 94.9 Å². The van der Waals surface area contributed by atoms with Crippen molar-refractivity contribution < 1.29 is 19.5 Å². The van der Waals surface area contributed by atoms with Gasteiger partial charge in [-0.25, -0.2) is 4.79 Å². The SMILES string of the molecule is CCC(C)C(NC(=O)CCn1c2c(c3ccccc31)CCN1C(=O)c3ccccc3N(C)C21)C(=O)O. The second-order valence-electron chi connectivity index (χ2n) is 9.80. The summed E-state index contributed by atoms with van der Waals surface area (Å²) in [5, 5.41) is 13.4. The van der Waals surface area contributed by atoms with Crippen molar-refractivity contribution >= 4 is 34.4 Å². The van der Waals surface area contributed by atoms with Crippen LogP contribution in [-0.2, 0) is 22.6 Å². The first-order valence-corrected chi connectivity index (χ1v) is 12.6. The van der Waals surface area contributed by atoms with E-state index in [1.165, 1.54) is 5.56 Å². The fourth-order valence-electron chi connectivity index (χ4n) is 5.69. The summed E-state index contributed by atoms with van der Waals surface area (Å²) in [5.41, 5.74) is 4.84. The highest BCUT2D eigenvalue weighted by Gasteiger charge is 2.42. The van der Waals surface area contributed by atoms with Crippen molar-refractivity contribution in [3.63, 3.8) is 0 Å². The molecule has 8 nitrogen and oxygen atoms in total. The largest absolute Gasteiger partial charge is 0.480 e. The lowest BCUT2D eigenvalue weighted by Gasteiger charge is -2.46. The molecule has 0 bridgehead atoms. The summed E-state index contributed by atoms with van der Waals surface area (Å²) in [6, 6.07) is 14.9. The van der Waals surface area contributed by atoms with Crippen molar-refractivity contribution in [3.8, 4) is 0 Å². The predicted molar refractivity (Wildman–Crippen MR) is 138 cm³/mol. The molecule has 2 aliphatic heterocycles. The number of amides is 2. The minimum atomic E-state index is -1.02. The zero-order valence-corrected chi connectivity index (χ0v) is 20.9. The molecule has 188 valence electrons. The van der Waals surface area contributed by atoms with Crippen LogP contribution in [0.1, 0.15) is 54.5 Å². The fourth-order valence-corrected chi connectivity index (χ4v) is 5.69. The molecular formula is C28H32N4O4. The fraction of sp³-hybridized carbons (Fsp3) is 0.393. The van der Waals surface area contributed by atoms with Gasteiger partial charge in [0.05, 0.1) is 16.9 Å². The summed E-state index contributed by atoms with van der Waals surface area (Å²) in [6.07, 6.45) is 1.26. The predicted octanol–water partition coefficient (Wildman–Crippen LogP) is 3.79. The van der Waals surface area contributed by atoms with Crippen LogP contribution >= 0.6 is 0 Å². The minimum absolute atomic E-state index is 0.0201. The molecule has 5 rings (SSSR count). The molecule has 0 spiro atoms. The number of para-hydroxylation sites is 2. The van der Waals surface area contributed by atoms with Crippen LogP contribution in [0.4, 0.5) is 5.69 Å². The number of carbonyl (C=O) groups excluding carboxylic acids is 2. The first kappa shape index (κ1) is 23.9. The van der Waals surface area contributed by atoms with E-state index in [9.17, 15) is 19.5 Å². The Labute approximate surface area is 210 Å². The van der Waals surface area contributed by atoms with Crippen molar-refractivity contribution in [1.29, 1.82) is 0 Å². The maximum atomic E-state index is 13.4. The molecule has 3 aromatic rings. The highest BCUT2D eigenvalue weighted by atomic mass is 16.4. The van der Waals surface area contributed by atoms with Gasteiger partial charge in [0, 0.05) is 37.5 Å². The summed E-state index contributed by atoms with van der Waals surface area (Å²) in [7, 11) is 2.01. The lowest BCUT2D eigenvalue weighted by molar-refractivity contribution is -0.143. The zero-order valence-electron chi connectivity index (χ0n) is 20.9. The van der Waals surface area contributed by atoms with Crippen LogP contribution in [0.5, 0.6) is 0 Å². The van der Waals surface area contributed by atoms with Crippen LogP contribution in [-0.4, -0.2) is 52.0 Å². The number of anilines is 1. The Morgan fingerprint density at radius 2 is 1.86 bits per heavy atom. The monoisotopic (exact) mass is 488 g/mol. The van der Waals surface area contributed by atoms with Crippen molar-refractivity contribution in [3.05, 3.63) is 65.4 Å². The van der Waals surface area contributed by atoms with E-state index in [4.69, 9.17) is 0 Å². The van der Waals surface area contributed by atoms with E-state index in [0.717, 1.165) is 28.7 Å². The van der Waals surface area contributed by atoms with Crippen LogP contribution in [0.3, 0.4) is 0 Å². The third-order valence-electron chi connectivity index (χ3n) is 7.76. The number of hydrogen-bond acceptors (Lipinski definition) is 4. The highest BCUT2D eigenvalue weighted by molar-refractivity contribution is 6.02. The van der Waals surface area contributed by atoms with Gasteiger partial charge >= 0.3 is 5.97 Å². The Balaban J connectivity index is 1.51. The highest BCUT2D eigenvalue weighted by Crippen LogP contribution is 2.44. The first-order chi connectivity index (χ1) is 17.3. The molecule has 8 heteroatoms. The molecule has 0 fully saturated rings. The summed E-state index contributed by atoms with van der Waals surface area (Å²) < 4.78 is 2.15. The summed E-state index contributed by atoms with van der Waals surface area (Å²) in [4.78, 5) is 42.1. The van der Waals surface area contributed by atoms with Crippen molar-refractivity contribution in [2.45, 2.75) is 51.9 Å². The molecular weight excluding hydrogens is 456 g/mol. The van der Waals surface area contributed by atoms with Gasteiger partial charge in [0.2, 0.25) is 5.91 Å². The number of aromatic nitrogens is 1. The van der Waals surface area contributed by atoms with E-state index >= 15 is 0 Å². The number of fused-ring (bicyclic) bond motifs is 6. The number of benzene rings is 2. The van der Waals surface area contributed by atoms with Crippen LogP contribution in [0.2, 0.25) is 0 Å². The van der Waals surface area contributed by atoms with E-state index in [1.807, 2.05) is 68.3 Å². The van der Waals surface area contributed by atoms with Crippen molar-refractivity contribution in [2.24, 2.45) is 5.92 Å². The average Bonchev–Trinajstić information content (AvgIpc) is 3.21. The quantitative estimate of drug-likeness (QED) is 0.528. The number of carboxylic acids is 1. The molecule has 36 heavy (non-hydrogen) atoms. The number of hydrogen-bond donors (Lipinski definition) is 2. The Kier molecular flexibility index (Phi) is 6.20. The third-order valence-corrected chi connectivity index (χ3v) is 7.76. The first-order valence-electron chi connectivity index (χ1n) is 12.6. The van der Waals surface area contributed by atoms with Gasteiger partial charge in [0.1, 0.15) is 12.2 Å². The van der Waals surface area contributed by atoms with Gasteiger partial charge < -0.3 is 24.8 Å². The number of nitrogens with one attached hydrogen (secondary N) is 1. The lowest BCUT2D eigenvalue weighted by atomic mass is 9.96. The van der Waals surface area contributed by atoms with Crippen LogP contribution in [0, 0.1) is 5.92 Å². The number of aliphatic carboxylic acids is 1. The Hall–Kier alpha value is -3.81. The summed E-state index contributed by atoms with van der Waals surface area (Å²) in [5.74, 6) is -1.45. The van der Waals surface area contributed by atoms with Crippen LogP contribution < -0.4 is 10.2 Å². The smallest absolute Gasteiger partial charge is 0.326 e. The number of carbonyl (C=O) groups is 3. The Bertz CT molecular complexity index is 1350. The van der Waals surface area contributed by atoms with Gasteiger partial charge in [-0.15, -0.1) is 0 Å². The molecule has 0 aliphatic carbocycles. The van der Waals surface area contributed by atoms with E-state index in [-0.39, 0.29) is 30.3 Å². The minimum Gasteiger partial charge on any atom is -0.480 e. The standard InChI is InChI=1S/C28H32N4O4/c1-4-17(2)24(28(35)36)29-23(33)14-16-31-22-12-8-5-9-18(22)19-13-15-32-26(25(19)31)30(3)21-11-7-6-10-20(21)27(32)34/h5-12,17,24,26H,4,13-16H2,1-3H3,(H,29,33)(H,35,36). The second kappa shape index (κ2) is 9.33. The maximum absolute atomic E-state index is 13.4. The third kappa shape index (κ3) is 3.81. The van der Waals surface area contributed by atoms with Crippen LogP contribution in [0.25, 0.3) is 10.9 Å². The zero-order chi connectivity index (χ0) is 25.6. The molecule has 1 aromatic heterocycles. The Morgan fingerprint density at radius 3 is 2.61 bits per heavy atom. The van der Waals surface area contributed by atoms with Gasteiger partial charge in [0.15, 0.2) is 0 Å². The van der Waals surface area contributed by atoms with E-state index < -0.39 is 12.0 Å².